The molecule has 0 saturated carbocycles. The van der Waals surface area contributed by atoms with Crippen molar-refractivity contribution in [1.29, 1.82) is 0 Å². The third-order valence-electron chi connectivity index (χ3n) is 16.4. The molecule has 3 aliphatic rings. The summed E-state index contributed by atoms with van der Waals surface area (Å²) in [6.45, 7) is 0. The number of rotatable bonds is 7. The average Bonchev–Trinajstić information content (AvgIpc) is 4.27. The zero-order valence-corrected chi connectivity index (χ0v) is 41.3. The van der Waals surface area contributed by atoms with E-state index in [1.54, 1.807) is 0 Å². The topological polar surface area (TPSA) is 7.65 Å². The summed E-state index contributed by atoms with van der Waals surface area (Å²) in [5.74, 6) is 0. The smallest absolute Gasteiger partial charge is 0.109 e. The summed E-state index contributed by atoms with van der Waals surface area (Å²) in [7, 11) is 0. The molecule has 0 unspecified atom stereocenters. The predicted molar refractivity (Wildman–Crippen MR) is 312 cm³/mol. The van der Waals surface area contributed by atoms with Gasteiger partial charge in [-0.05, 0) is 134 Å². The molecule has 2 nitrogen and oxygen atoms in total. The first kappa shape index (κ1) is 41.6. The molecule has 16 rings (SSSR count). The monoisotopic (exact) mass is 958 g/mol. The van der Waals surface area contributed by atoms with E-state index < -0.39 is 5.41 Å². The molecule has 0 fully saturated rings. The second-order valence-corrected chi connectivity index (χ2v) is 21.2. The number of fused-ring (bicyclic) bond motifs is 15. The summed E-state index contributed by atoms with van der Waals surface area (Å²) in [5, 5.41) is 5.18. The molecule has 0 saturated heterocycles. The molecule has 3 heteroatoms. The van der Waals surface area contributed by atoms with Crippen molar-refractivity contribution in [2.45, 2.75) is 18.3 Å². The molecule has 74 heavy (non-hydrogen) atoms. The van der Waals surface area contributed by atoms with Crippen LogP contribution in [0, 0.1) is 0 Å². The molecule has 13 aromatic rings. The highest BCUT2D eigenvalue weighted by Crippen LogP contribution is 2.65. The van der Waals surface area contributed by atoms with Crippen LogP contribution in [-0.4, -0.2) is 4.40 Å². The lowest BCUT2D eigenvalue weighted by Gasteiger charge is -2.33. The summed E-state index contributed by atoms with van der Waals surface area (Å²) in [6, 6.07) is 90.5. The van der Waals surface area contributed by atoms with Gasteiger partial charge in [-0.3, -0.25) is 4.40 Å². The second kappa shape index (κ2) is 16.0. The van der Waals surface area contributed by atoms with Gasteiger partial charge in [0.1, 0.15) is 4.83 Å². The van der Waals surface area contributed by atoms with E-state index in [0.717, 1.165) is 24.2 Å². The summed E-state index contributed by atoms with van der Waals surface area (Å²) in [6.07, 6.45) is 6.87. The van der Waals surface area contributed by atoms with Gasteiger partial charge in [-0.1, -0.05) is 206 Å². The van der Waals surface area contributed by atoms with Crippen molar-refractivity contribution in [2.75, 3.05) is 4.90 Å². The molecule has 0 bridgehead atoms. The number of benzene rings is 10. The standard InChI is InChI=1S/C71H46N2S/c1-4-19-45(20-5-1)46-35-39-51(40-36-46)72(64-34-18-32-62-66(64)56-28-12-16-31-61(56)71(62)59-29-14-10-25-53(59)54-26-11-15-30-60(54)71)52-41-37-47(38-42-52)50-43-57-55-27-13-17-33-63(55)73-68(57)58(44-50)67-65(48-21-6-2-7-22-48)69(74-70(67)73)49-23-8-3-9-24-49/h1-11,13-27,29-44H,12,28H2. The number of anilines is 3. The van der Waals surface area contributed by atoms with Crippen LogP contribution in [0.25, 0.3) is 97.9 Å². The van der Waals surface area contributed by atoms with E-state index in [0.29, 0.717) is 0 Å². The largest absolute Gasteiger partial charge is 0.310 e. The highest BCUT2D eigenvalue weighted by atomic mass is 32.1. The fourth-order valence-electron chi connectivity index (χ4n) is 13.4. The first-order valence-electron chi connectivity index (χ1n) is 25.9. The summed E-state index contributed by atoms with van der Waals surface area (Å²) in [5.41, 5.74) is 25.2. The van der Waals surface area contributed by atoms with Gasteiger partial charge < -0.3 is 4.90 Å². The Morgan fingerprint density at radius 3 is 1.68 bits per heavy atom. The lowest BCUT2D eigenvalue weighted by Crippen LogP contribution is -2.27. The first-order valence-corrected chi connectivity index (χ1v) is 26.7. The lowest BCUT2D eigenvalue weighted by atomic mass is 9.69. The van der Waals surface area contributed by atoms with Gasteiger partial charge >= 0.3 is 0 Å². The Kier molecular flexibility index (Phi) is 8.99. The maximum atomic E-state index is 2.54. The zero-order chi connectivity index (χ0) is 48.5. The summed E-state index contributed by atoms with van der Waals surface area (Å²) >= 11 is 1.91. The van der Waals surface area contributed by atoms with Crippen molar-refractivity contribution in [3.8, 4) is 54.9 Å². The van der Waals surface area contributed by atoms with Crippen LogP contribution < -0.4 is 4.90 Å². The van der Waals surface area contributed by atoms with E-state index >= 15 is 0 Å². The van der Waals surface area contributed by atoms with Crippen LogP contribution in [0.4, 0.5) is 17.1 Å². The maximum Gasteiger partial charge on any atom is 0.109 e. The molecule has 346 valence electrons. The average molecular weight is 959 g/mol. The van der Waals surface area contributed by atoms with Gasteiger partial charge in [-0.2, -0.15) is 0 Å². The number of hydrogen-bond donors (Lipinski definition) is 0. The molecule has 0 amide bonds. The van der Waals surface area contributed by atoms with E-state index in [4.69, 9.17) is 0 Å². The molecular weight excluding hydrogens is 913 g/mol. The van der Waals surface area contributed by atoms with Crippen molar-refractivity contribution >= 4 is 71.4 Å². The number of hydrogen-bond acceptors (Lipinski definition) is 2. The molecule has 1 spiro atoms. The minimum absolute atomic E-state index is 0.398. The normalized spacial score (nSPS) is 14.1. The molecule has 0 aliphatic heterocycles. The third-order valence-corrected chi connectivity index (χ3v) is 17.7. The van der Waals surface area contributed by atoms with E-state index in [9.17, 15) is 0 Å². The van der Waals surface area contributed by atoms with Crippen molar-refractivity contribution in [3.63, 3.8) is 0 Å². The number of para-hydroxylation sites is 1. The first-order chi connectivity index (χ1) is 36.7. The van der Waals surface area contributed by atoms with Crippen LogP contribution in [0.1, 0.15) is 35.1 Å². The van der Waals surface area contributed by atoms with Gasteiger partial charge in [-0.25, -0.2) is 0 Å². The van der Waals surface area contributed by atoms with Crippen LogP contribution in [0.3, 0.4) is 0 Å². The van der Waals surface area contributed by atoms with Crippen molar-refractivity contribution in [2.24, 2.45) is 0 Å². The van der Waals surface area contributed by atoms with Crippen LogP contribution in [0.2, 0.25) is 0 Å². The fourth-order valence-corrected chi connectivity index (χ4v) is 14.8. The van der Waals surface area contributed by atoms with Gasteiger partial charge in [0.2, 0.25) is 0 Å². The Labute approximate surface area is 434 Å². The van der Waals surface area contributed by atoms with Crippen molar-refractivity contribution in [3.05, 3.63) is 283 Å². The molecule has 0 radical (unpaired) electrons. The van der Waals surface area contributed by atoms with E-state index in [1.807, 2.05) is 11.3 Å². The second-order valence-electron chi connectivity index (χ2n) is 20.2. The number of allylic oxidation sites excluding steroid dienone is 4. The SMILES string of the molecule is C1=CC2=C(CC1)c1c(N(c3ccc(-c4ccccc4)cc3)c3ccc(-c4cc5c6ccccc6n6c7sc(-c8ccccc8)c(-c8ccccc8)c7c(c4)c56)cc3)cccc1C21c2ccccc2-c2ccccc21. The van der Waals surface area contributed by atoms with E-state index in [2.05, 4.69) is 264 Å². The Morgan fingerprint density at radius 2 is 0.986 bits per heavy atom. The highest BCUT2D eigenvalue weighted by Gasteiger charge is 2.53. The molecule has 0 N–H and O–H groups in total. The molecular formula is C71H46N2S. The zero-order valence-electron chi connectivity index (χ0n) is 40.5. The molecule has 10 aromatic carbocycles. The van der Waals surface area contributed by atoms with Crippen molar-refractivity contribution < 1.29 is 0 Å². The maximum absolute atomic E-state index is 2.54. The van der Waals surface area contributed by atoms with Gasteiger partial charge in [0.15, 0.2) is 0 Å². The van der Waals surface area contributed by atoms with Gasteiger partial charge in [-0.15, -0.1) is 11.3 Å². The molecule has 3 aromatic heterocycles. The minimum atomic E-state index is -0.398. The number of aromatic nitrogens is 1. The highest BCUT2D eigenvalue weighted by molar-refractivity contribution is 7.23. The summed E-state index contributed by atoms with van der Waals surface area (Å²) in [4.78, 5) is 5.12. The van der Waals surface area contributed by atoms with Crippen LogP contribution in [0.15, 0.2) is 260 Å². The van der Waals surface area contributed by atoms with Crippen LogP contribution in [-0.2, 0) is 5.41 Å². The van der Waals surface area contributed by atoms with E-state index in [1.165, 1.54) is 131 Å². The number of thiophene rings is 1. The van der Waals surface area contributed by atoms with Crippen molar-refractivity contribution in [1.82, 2.24) is 4.40 Å². The van der Waals surface area contributed by atoms with Crippen LogP contribution >= 0.6 is 11.3 Å². The van der Waals surface area contributed by atoms with Gasteiger partial charge in [0.05, 0.1) is 22.1 Å². The molecule has 3 aliphatic carbocycles. The van der Waals surface area contributed by atoms with Crippen LogP contribution in [0.5, 0.6) is 0 Å². The predicted octanol–water partition coefficient (Wildman–Crippen LogP) is 19.5. The molecule has 0 atom stereocenters. The van der Waals surface area contributed by atoms with Gasteiger partial charge in [0, 0.05) is 48.9 Å². The minimum Gasteiger partial charge on any atom is -0.310 e. The third kappa shape index (κ3) is 5.76. The Hall–Kier alpha value is -9.02. The Bertz CT molecular complexity index is 4400. The fraction of sp³-hybridized carbons (Fsp3) is 0.0423. The van der Waals surface area contributed by atoms with Gasteiger partial charge in [0.25, 0.3) is 0 Å². The van der Waals surface area contributed by atoms with E-state index in [-0.39, 0.29) is 0 Å². The Morgan fingerprint density at radius 1 is 0.432 bits per heavy atom. The summed E-state index contributed by atoms with van der Waals surface area (Å²) < 4.78 is 2.54. The quantitative estimate of drug-likeness (QED) is 0.154. The lowest BCUT2D eigenvalue weighted by molar-refractivity contribution is 0.780. The Balaban J connectivity index is 0.904. The molecule has 3 heterocycles. The number of nitrogens with zero attached hydrogens (tertiary/aromatic N) is 2.